The molecule has 0 saturated heterocycles. The maximum Gasteiger partial charge on any atom is 0.266 e. The van der Waals surface area contributed by atoms with E-state index in [0.29, 0.717) is 41.3 Å². The average Bonchev–Trinajstić information content (AvgIpc) is 2.60. The Bertz CT molecular complexity index is 888. The topological polar surface area (TPSA) is 98.9 Å². The lowest BCUT2D eigenvalue weighted by atomic mass is 10.0. The number of hydrogen-bond acceptors (Lipinski definition) is 5. The highest BCUT2D eigenvalue weighted by molar-refractivity contribution is 5.72. The Balaban J connectivity index is 2.35. The Morgan fingerprint density at radius 1 is 1.16 bits per heavy atom. The minimum atomic E-state index is -0.410. The van der Waals surface area contributed by atoms with Gasteiger partial charge in [0.25, 0.3) is 5.56 Å². The summed E-state index contributed by atoms with van der Waals surface area (Å²) >= 11 is 0. The highest BCUT2D eigenvalue weighted by atomic mass is 16.5. The van der Waals surface area contributed by atoms with Crippen molar-refractivity contribution in [3.8, 4) is 34.8 Å². The molecule has 25 heavy (non-hydrogen) atoms. The number of rotatable bonds is 7. The summed E-state index contributed by atoms with van der Waals surface area (Å²) in [5.41, 5.74) is 1.59. The monoisotopic (exact) mass is 337 g/mol. The zero-order chi connectivity index (χ0) is 18.2. The van der Waals surface area contributed by atoms with E-state index in [0.717, 1.165) is 12.8 Å². The first-order valence-electron chi connectivity index (χ1n) is 7.93. The maximum atomic E-state index is 12.0. The fourth-order valence-corrected chi connectivity index (χ4v) is 2.47. The molecule has 128 valence electrons. The molecule has 0 amide bonds. The first-order valence-corrected chi connectivity index (χ1v) is 7.93. The number of pyridine rings is 1. The Kier molecular flexibility index (Phi) is 6.20. The Morgan fingerprint density at radius 2 is 1.96 bits per heavy atom. The van der Waals surface area contributed by atoms with E-state index in [1.54, 1.807) is 38.3 Å². The van der Waals surface area contributed by atoms with Crippen molar-refractivity contribution in [1.29, 1.82) is 10.5 Å². The van der Waals surface area contributed by atoms with Gasteiger partial charge in [-0.25, -0.2) is 0 Å². The lowest BCUT2D eigenvalue weighted by molar-refractivity contribution is 0.287. The van der Waals surface area contributed by atoms with E-state index >= 15 is 0 Å². The maximum absolute atomic E-state index is 12.0. The van der Waals surface area contributed by atoms with Crippen LogP contribution in [0.4, 0.5) is 0 Å². The van der Waals surface area contributed by atoms with Crippen molar-refractivity contribution in [2.75, 3.05) is 13.7 Å². The van der Waals surface area contributed by atoms with Gasteiger partial charge in [-0.3, -0.25) is 4.79 Å². The smallest absolute Gasteiger partial charge is 0.266 e. The van der Waals surface area contributed by atoms with Crippen LogP contribution in [-0.2, 0) is 0 Å². The fraction of sp³-hybridized carbons (Fsp3) is 0.316. The molecule has 0 atom stereocenters. The van der Waals surface area contributed by atoms with E-state index in [9.17, 15) is 10.1 Å². The number of aromatic nitrogens is 1. The number of methoxy groups -OCH3 is 1. The number of benzene rings is 1. The molecule has 6 nitrogen and oxygen atoms in total. The van der Waals surface area contributed by atoms with Crippen molar-refractivity contribution in [1.82, 2.24) is 4.98 Å². The molecule has 0 unspecified atom stereocenters. The first-order chi connectivity index (χ1) is 12.1. The highest BCUT2D eigenvalue weighted by Gasteiger charge is 2.13. The van der Waals surface area contributed by atoms with Crippen molar-refractivity contribution in [2.24, 2.45) is 0 Å². The number of hydrogen-bond donors (Lipinski definition) is 1. The fourth-order valence-electron chi connectivity index (χ4n) is 2.47. The van der Waals surface area contributed by atoms with Crippen molar-refractivity contribution < 1.29 is 9.47 Å². The van der Waals surface area contributed by atoms with Crippen molar-refractivity contribution >= 4 is 0 Å². The second kappa shape index (κ2) is 8.56. The van der Waals surface area contributed by atoms with Crippen LogP contribution in [0.15, 0.2) is 29.1 Å². The molecule has 0 aliphatic heterocycles. The van der Waals surface area contributed by atoms with Crippen LogP contribution in [0.1, 0.15) is 30.5 Å². The number of H-pyrrole nitrogens is 1. The van der Waals surface area contributed by atoms with Gasteiger partial charge in [-0.15, -0.1) is 0 Å². The van der Waals surface area contributed by atoms with Crippen LogP contribution in [0.5, 0.6) is 11.5 Å². The van der Waals surface area contributed by atoms with Gasteiger partial charge in [-0.2, -0.15) is 10.5 Å². The van der Waals surface area contributed by atoms with Gasteiger partial charge in [-0.05, 0) is 43.5 Å². The number of nitrogens with one attached hydrogen (secondary N) is 1. The molecule has 2 aromatic rings. The van der Waals surface area contributed by atoms with Crippen LogP contribution in [0.3, 0.4) is 0 Å². The Labute approximate surface area is 146 Å². The molecule has 1 heterocycles. The van der Waals surface area contributed by atoms with E-state index in [4.69, 9.17) is 14.7 Å². The summed E-state index contributed by atoms with van der Waals surface area (Å²) in [5, 5.41) is 17.8. The van der Waals surface area contributed by atoms with Gasteiger partial charge >= 0.3 is 0 Å². The largest absolute Gasteiger partial charge is 0.493 e. The highest BCUT2D eigenvalue weighted by Crippen LogP contribution is 2.33. The van der Waals surface area contributed by atoms with E-state index in [-0.39, 0.29) is 5.56 Å². The molecule has 1 aromatic carbocycles. The van der Waals surface area contributed by atoms with Crippen molar-refractivity contribution in [3.63, 3.8) is 0 Å². The summed E-state index contributed by atoms with van der Waals surface area (Å²) < 4.78 is 11.1. The lowest BCUT2D eigenvalue weighted by Crippen LogP contribution is -2.12. The molecular formula is C19H19N3O3. The molecule has 0 bridgehead atoms. The quantitative estimate of drug-likeness (QED) is 0.782. The normalized spacial score (nSPS) is 9.92. The minimum absolute atomic E-state index is 0.0655. The number of nitriles is 2. The summed E-state index contributed by atoms with van der Waals surface area (Å²) in [6.45, 7) is 2.23. The Morgan fingerprint density at radius 3 is 2.64 bits per heavy atom. The standard InChI is InChI=1S/C19H19N3O3/c1-13-10-15(16(12-21)19(23)22-13)14-6-7-17(24-2)18(11-14)25-9-5-3-4-8-20/h6-7,10-11H,3-5,9H2,1-2H3,(H,22,23). The number of aryl methyl sites for hydroxylation is 1. The molecule has 0 spiro atoms. The third kappa shape index (κ3) is 4.39. The van der Waals surface area contributed by atoms with Crippen LogP contribution >= 0.6 is 0 Å². The minimum Gasteiger partial charge on any atom is -0.493 e. The second-order valence-corrected chi connectivity index (χ2v) is 5.51. The van der Waals surface area contributed by atoms with Crippen LogP contribution in [0, 0.1) is 29.6 Å². The Hall–Kier alpha value is -3.25. The molecule has 1 N–H and O–H groups in total. The zero-order valence-electron chi connectivity index (χ0n) is 14.3. The third-order valence-corrected chi connectivity index (χ3v) is 3.69. The molecule has 6 heteroatoms. The molecule has 0 fully saturated rings. The van der Waals surface area contributed by atoms with Crippen molar-refractivity contribution in [3.05, 3.63) is 45.9 Å². The molecule has 0 radical (unpaired) electrons. The summed E-state index contributed by atoms with van der Waals surface area (Å²) in [5.74, 6) is 1.11. The van der Waals surface area contributed by atoms with E-state index < -0.39 is 5.56 Å². The van der Waals surface area contributed by atoms with Gasteiger partial charge in [-0.1, -0.05) is 6.07 Å². The van der Waals surface area contributed by atoms with Crippen LogP contribution in [0.2, 0.25) is 0 Å². The first kappa shape index (κ1) is 18.1. The summed E-state index contributed by atoms with van der Waals surface area (Å²) in [4.78, 5) is 14.6. The molecule has 0 saturated carbocycles. The SMILES string of the molecule is COc1ccc(-c2cc(C)[nH]c(=O)c2C#N)cc1OCCCCC#N. The van der Waals surface area contributed by atoms with Gasteiger partial charge in [0.2, 0.25) is 0 Å². The molecule has 0 aliphatic rings. The summed E-state index contributed by atoms with van der Waals surface area (Å²) in [6, 6.07) is 11.1. The molecular weight excluding hydrogens is 318 g/mol. The zero-order valence-corrected chi connectivity index (χ0v) is 14.3. The van der Waals surface area contributed by atoms with Gasteiger partial charge < -0.3 is 14.5 Å². The van der Waals surface area contributed by atoms with Crippen molar-refractivity contribution in [2.45, 2.75) is 26.2 Å². The third-order valence-electron chi connectivity index (χ3n) is 3.69. The average molecular weight is 337 g/mol. The second-order valence-electron chi connectivity index (χ2n) is 5.51. The van der Waals surface area contributed by atoms with E-state index in [1.807, 2.05) is 6.07 Å². The van der Waals surface area contributed by atoms with Gasteiger partial charge in [0.15, 0.2) is 11.5 Å². The van der Waals surface area contributed by atoms with E-state index in [2.05, 4.69) is 11.1 Å². The van der Waals surface area contributed by atoms with Crippen LogP contribution < -0.4 is 15.0 Å². The van der Waals surface area contributed by atoms with Gasteiger partial charge in [0.05, 0.1) is 19.8 Å². The predicted octanol–water partition coefficient (Wildman–Crippen LogP) is 3.30. The summed E-state index contributed by atoms with van der Waals surface area (Å²) in [7, 11) is 1.55. The predicted molar refractivity (Wildman–Crippen MR) is 93.5 cm³/mol. The van der Waals surface area contributed by atoms with Gasteiger partial charge in [0, 0.05) is 17.7 Å². The summed E-state index contributed by atoms with van der Waals surface area (Å²) in [6.07, 6.45) is 2.02. The number of nitrogens with zero attached hydrogens (tertiary/aromatic N) is 2. The molecule has 1 aromatic heterocycles. The lowest BCUT2D eigenvalue weighted by Gasteiger charge is -2.13. The number of ether oxygens (including phenoxy) is 2. The number of unbranched alkanes of at least 4 members (excludes halogenated alkanes) is 2. The molecule has 0 aliphatic carbocycles. The molecule has 2 rings (SSSR count). The van der Waals surface area contributed by atoms with Crippen LogP contribution in [-0.4, -0.2) is 18.7 Å². The van der Waals surface area contributed by atoms with Gasteiger partial charge in [0.1, 0.15) is 11.6 Å². The number of aromatic amines is 1. The van der Waals surface area contributed by atoms with E-state index in [1.165, 1.54) is 0 Å². The van der Waals surface area contributed by atoms with Crippen LogP contribution in [0.25, 0.3) is 11.1 Å².